The van der Waals surface area contributed by atoms with Crippen molar-refractivity contribution >= 4 is 17.7 Å². The third kappa shape index (κ3) is 6.41. The van der Waals surface area contributed by atoms with Crippen LogP contribution in [-0.4, -0.2) is 105 Å². The second kappa shape index (κ2) is 13.2. The van der Waals surface area contributed by atoms with Crippen molar-refractivity contribution in [2.24, 2.45) is 0 Å². The number of aromatic nitrogens is 2. The summed E-state index contributed by atoms with van der Waals surface area (Å²) in [4.78, 5) is 69.2. The summed E-state index contributed by atoms with van der Waals surface area (Å²) in [7, 11) is 1.49. The van der Waals surface area contributed by atoms with E-state index in [1.54, 1.807) is 58.3 Å². The average Bonchev–Trinajstić information content (AvgIpc) is 3.34. The third-order valence-electron chi connectivity index (χ3n) is 7.74. The van der Waals surface area contributed by atoms with Gasteiger partial charge in [-0.2, -0.15) is 0 Å². The second-order valence-corrected chi connectivity index (χ2v) is 10.5. The number of nitrogens with zero attached hydrogens (tertiary/aromatic N) is 3. The van der Waals surface area contributed by atoms with Crippen molar-refractivity contribution in [1.82, 2.24) is 24.7 Å². The number of rotatable bonds is 8. The van der Waals surface area contributed by atoms with E-state index in [1.807, 2.05) is 11.1 Å². The van der Waals surface area contributed by atoms with E-state index >= 15 is 0 Å². The summed E-state index contributed by atoms with van der Waals surface area (Å²) in [5.74, 6) is -1.02. The Morgan fingerprint density at radius 3 is 2.30 bits per heavy atom. The number of H-pyrrole nitrogens is 1. The molecule has 2 fully saturated rings. The number of hydrogen-bond donors (Lipinski definition) is 4. The first kappa shape index (κ1) is 30.7. The Bertz CT molecular complexity index is 1620. The van der Waals surface area contributed by atoms with Crippen LogP contribution in [0.4, 0.5) is 0 Å². The molecule has 3 aromatic rings. The Hall–Kier alpha value is -4.79. The van der Waals surface area contributed by atoms with Gasteiger partial charge in [-0.25, -0.2) is 4.79 Å². The van der Waals surface area contributed by atoms with Crippen LogP contribution in [0, 0.1) is 0 Å². The Labute approximate surface area is 251 Å². The minimum absolute atomic E-state index is 0.125. The first-order chi connectivity index (χ1) is 21.2. The topological polar surface area (TPSA) is 183 Å². The standard InChI is InChI=1S/C30H33N5O9/c1-43-21-10-6-5-9-19(21)27(40)33-13-15-34(16-14-33)28(41)20(17-18-7-3-2-4-8-18)31-26(39)25-23(37)24(38)29(44-25)35-12-11-22(36)32-30(35)42/h2-12,20,23-25,29,37-38H,13-17H2,1H3,(H,31,39)(H,32,36,42)/t20-,23+,24-,25+,29-/m1/s1. The zero-order valence-corrected chi connectivity index (χ0v) is 23.9. The molecule has 14 heteroatoms. The van der Waals surface area contributed by atoms with Gasteiger partial charge in [-0.1, -0.05) is 42.5 Å². The van der Waals surface area contributed by atoms with E-state index in [9.17, 15) is 34.2 Å². The number of benzene rings is 2. The van der Waals surface area contributed by atoms with Crippen molar-refractivity contribution < 1.29 is 34.1 Å². The maximum atomic E-state index is 13.8. The van der Waals surface area contributed by atoms with Crippen molar-refractivity contribution in [2.75, 3.05) is 33.3 Å². The molecule has 14 nitrogen and oxygen atoms in total. The van der Waals surface area contributed by atoms with Gasteiger partial charge in [0.2, 0.25) is 5.91 Å². The molecule has 0 spiro atoms. The number of carbonyl (C=O) groups excluding carboxylic acids is 3. The lowest BCUT2D eigenvalue weighted by Gasteiger charge is -2.37. The van der Waals surface area contributed by atoms with E-state index in [2.05, 4.69) is 5.32 Å². The van der Waals surface area contributed by atoms with Crippen molar-refractivity contribution in [1.29, 1.82) is 0 Å². The van der Waals surface area contributed by atoms with Crippen LogP contribution in [0.2, 0.25) is 0 Å². The summed E-state index contributed by atoms with van der Waals surface area (Å²) in [6.45, 7) is 0.973. The Morgan fingerprint density at radius 2 is 1.61 bits per heavy atom. The van der Waals surface area contributed by atoms with Crippen molar-refractivity contribution in [3.63, 3.8) is 0 Å². The number of hydrogen-bond acceptors (Lipinski definition) is 9. The van der Waals surface area contributed by atoms with Gasteiger partial charge in [-0.05, 0) is 17.7 Å². The zero-order valence-electron chi connectivity index (χ0n) is 23.9. The summed E-state index contributed by atoms with van der Waals surface area (Å²) < 4.78 is 11.8. The molecule has 0 aliphatic carbocycles. The molecular weight excluding hydrogens is 574 g/mol. The SMILES string of the molecule is COc1ccccc1C(=O)N1CCN(C(=O)[C@@H](Cc2ccccc2)NC(=O)[C@H]2O[C@@H](n3ccc(=O)[nH]c3=O)[C@H](O)[C@@H]2O)CC1. The van der Waals surface area contributed by atoms with Crippen LogP contribution in [0.25, 0.3) is 0 Å². The summed E-state index contributed by atoms with van der Waals surface area (Å²) in [6, 6.07) is 15.9. The van der Waals surface area contributed by atoms with Gasteiger partial charge in [-0.3, -0.25) is 28.7 Å². The van der Waals surface area contributed by atoms with Crippen LogP contribution in [-0.2, 0) is 20.7 Å². The van der Waals surface area contributed by atoms with Crippen LogP contribution < -0.4 is 21.3 Å². The Balaban J connectivity index is 1.29. The predicted molar refractivity (Wildman–Crippen MR) is 155 cm³/mol. The first-order valence-electron chi connectivity index (χ1n) is 14.1. The fourth-order valence-electron chi connectivity index (χ4n) is 5.38. The molecular formula is C30H33N5O9. The number of aromatic amines is 1. The fourth-order valence-corrected chi connectivity index (χ4v) is 5.38. The minimum Gasteiger partial charge on any atom is -0.496 e. The van der Waals surface area contributed by atoms with E-state index in [0.717, 1.165) is 22.4 Å². The summed E-state index contributed by atoms with van der Waals surface area (Å²) in [5, 5.41) is 23.9. The van der Waals surface area contributed by atoms with E-state index in [-0.39, 0.29) is 38.5 Å². The highest BCUT2D eigenvalue weighted by Crippen LogP contribution is 2.28. The number of aliphatic hydroxyl groups is 2. The number of methoxy groups -OCH3 is 1. The minimum atomic E-state index is -1.73. The molecule has 3 heterocycles. The van der Waals surface area contributed by atoms with Gasteiger partial charge in [0, 0.05) is 44.9 Å². The molecule has 5 rings (SSSR count). The van der Waals surface area contributed by atoms with Gasteiger partial charge in [0.25, 0.3) is 17.4 Å². The number of aliphatic hydroxyl groups excluding tert-OH is 2. The third-order valence-corrected chi connectivity index (χ3v) is 7.74. The Kier molecular flexibility index (Phi) is 9.23. The predicted octanol–water partition coefficient (Wildman–Crippen LogP) is -1.12. The van der Waals surface area contributed by atoms with Crippen molar-refractivity contribution in [3.05, 3.63) is 98.8 Å². The maximum absolute atomic E-state index is 13.8. The fraction of sp³-hybridized carbons (Fsp3) is 0.367. The lowest BCUT2D eigenvalue weighted by atomic mass is 10.0. The molecule has 4 N–H and O–H groups in total. The van der Waals surface area contributed by atoms with Crippen LogP contribution in [0.5, 0.6) is 5.75 Å². The number of piperazine rings is 1. The molecule has 2 aromatic carbocycles. The number of amides is 3. The Morgan fingerprint density at radius 1 is 0.955 bits per heavy atom. The highest BCUT2D eigenvalue weighted by Gasteiger charge is 2.48. The van der Waals surface area contributed by atoms with E-state index in [1.165, 1.54) is 7.11 Å². The molecule has 0 unspecified atom stereocenters. The van der Waals surface area contributed by atoms with Crippen molar-refractivity contribution in [2.45, 2.75) is 37.0 Å². The molecule has 0 radical (unpaired) electrons. The smallest absolute Gasteiger partial charge is 0.330 e. The van der Waals surface area contributed by atoms with Crippen molar-refractivity contribution in [3.8, 4) is 5.75 Å². The van der Waals surface area contributed by atoms with Gasteiger partial charge in [-0.15, -0.1) is 0 Å². The average molecular weight is 608 g/mol. The monoisotopic (exact) mass is 607 g/mol. The lowest BCUT2D eigenvalue weighted by molar-refractivity contribution is -0.144. The largest absolute Gasteiger partial charge is 0.496 e. The number of carbonyl (C=O) groups is 3. The van der Waals surface area contributed by atoms with Gasteiger partial charge < -0.3 is 34.8 Å². The summed E-state index contributed by atoms with van der Waals surface area (Å²) >= 11 is 0. The number of nitrogens with one attached hydrogen (secondary N) is 2. The molecule has 2 saturated heterocycles. The van der Waals surface area contributed by atoms with Crippen LogP contribution in [0.15, 0.2) is 76.4 Å². The molecule has 44 heavy (non-hydrogen) atoms. The summed E-state index contributed by atoms with van der Waals surface area (Å²) in [5.41, 5.74) is -0.374. The lowest BCUT2D eigenvalue weighted by Crippen LogP contribution is -2.58. The molecule has 2 aliphatic rings. The molecule has 3 amide bonds. The van der Waals surface area contributed by atoms with E-state index in [4.69, 9.17) is 9.47 Å². The van der Waals surface area contributed by atoms with Gasteiger partial charge in [0.05, 0.1) is 12.7 Å². The van der Waals surface area contributed by atoms with Gasteiger partial charge in [0.15, 0.2) is 12.3 Å². The molecule has 5 atom stereocenters. The summed E-state index contributed by atoms with van der Waals surface area (Å²) in [6.07, 6.45) is -5.26. The number of ether oxygens (including phenoxy) is 2. The maximum Gasteiger partial charge on any atom is 0.330 e. The normalized spacial score (nSPS) is 22.3. The molecule has 232 valence electrons. The van der Waals surface area contributed by atoms with Crippen LogP contribution in [0.1, 0.15) is 22.1 Å². The molecule has 0 bridgehead atoms. The van der Waals surface area contributed by atoms with Crippen LogP contribution >= 0.6 is 0 Å². The zero-order chi connectivity index (χ0) is 31.4. The van der Waals surface area contributed by atoms with Gasteiger partial charge >= 0.3 is 5.69 Å². The quantitative estimate of drug-likeness (QED) is 0.246. The molecule has 1 aromatic heterocycles. The van der Waals surface area contributed by atoms with E-state index < -0.39 is 53.6 Å². The van der Waals surface area contributed by atoms with E-state index in [0.29, 0.717) is 11.3 Å². The van der Waals surface area contributed by atoms with Crippen LogP contribution in [0.3, 0.4) is 0 Å². The molecule has 2 aliphatic heterocycles. The highest BCUT2D eigenvalue weighted by molar-refractivity contribution is 5.97. The number of para-hydroxylation sites is 1. The molecule has 0 saturated carbocycles. The second-order valence-electron chi connectivity index (χ2n) is 10.5. The first-order valence-corrected chi connectivity index (χ1v) is 14.1. The van der Waals surface area contributed by atoms with Gasteiger partial charge in [0.1, 0.15) is 24.0 Å². The highest BCUT2D eigenvalue weighted by atomic mass is 16.6.